The Morgan fingerprint density at radius 3 is 1.83 bits per heavy atom. The van der Waals surface area contributed by atoms with Crippen molar-refractivity contribution in [2.75, 3.05) is 26.1 Å². The van der Waals surface area contributed by atoms with E-state index in [1.54, 1.807) is 12.1 Å². The van der Waals surface area contributed by atoms with Crippen molar-refractivity contribution in [1.82, 2.24) is 0 Å². The molecule has 0 bridgehead atoms. The molecule has 0 aromatic heterocycles. The molecule has 5 aromatic carbocycles. The molecule has 7 nitrogen and oxygen atoms in total. The van der Waals surface area contributed by atoms with Crippen molar-refractivity contribution < 1.29 is 37.9 Å². The number of rotatable bonds is 17. The van der Waals surface area contributed by atoms with Gasteiger partial charge in [-0.25, -0.2) is 4.39 Å². The molecule has 1 saturated heterocycles. The lowest BCUT2D eigenvalue weighted by Crippen LogP contribution is -2.72. The molecular weight excluding hydrogens is 727 g/mol. The maximum Gasteiger partial charge on any atom is 0.225 e. The average molecular weight is 773 g/mol. The number of aliphatic hydroxyl groups excluding tert-OH is 1. The van der Waals surface area contributed by atoms with Crippen LogP contribution in [0.25, 0.3) is 0 Å². The Hall–Kier alpha value is -3.77. The minimum atomic E-state index is -1.67. The highest BCUT2D eigenvalue weighted by atomic mass is 35.5. The van der Waals surface area contributed by atoms with Gasteiger partial charge in [0.25, 0.3) is 0 Å². The summed E-state index contributed by atoms with van der Waals surface area (Å²) >= 11 is 11.6. The van der Waals surface area contributed by atoms with Gasteiger partial charge in [0.2, 0.25) is 5.79 Å². The summed E-state index contributed by atoms with van der Waals surface area (Å²) in [5, 5.41) is 11.8. The van der Waals surface area contributed by atoms with E-state index in [1.165, 1.54) is 13.2 Å². The van der Waals surface area contributed by atoms with Gasteiger partial charge >= 0.3 is 0 Å². The van der Waals surface area contributed by atoms with E-state index in [4.69, 9.17) is 52.7 Å². The summed E-state index contributed by atoms with van der Waals surface area (Å²) in [6, 6.07) is 39.7. The first kappa shape index (κ1) is 39.9. The highest BCUT2D eigenvalue weighted by Gasteiger charge is 2.64. The number of methoxy groups -OCH3 is 1. The standard InChI is InChI=1S/C44H46ClFO7S/c1-3-49-39-22-19-34(24-38(39)46)23-35-25-36(20-21-37(35)45)44(48-2)42(52-28-33-17-11-6-12-18-33)40(50-26-31-13-7-4-8-14-31)41(43(29-47,30-54)53-44)51-27-32-15-9-5-10-16-32/h4-22,24-25,40-42,47,54H,3,23,26-30H2,1-2H3/t40-,41-,42+,43+,44-/m0/s1. The van der Waals surface area contributed by atoms with E-state index in [0.29, 0.717) is 34.7 Å². The minimum absolute atomic E-state index is 0.0522. The smallest absolute Gasteiger partial charge is 0.225 e. The van der Waals surface area contributed by atoms with Crippen molar-refractivity contribution in [2.45, 2.75) is 62.9 Å². The summed E-state index contributed by atoms with van der Waals surface area (Å²) in [5.41, 5.74) is 3.32. The van der Waals surface area contributed by atoms with Gasteiger partial charge in [-0.3, -0.25) is 0 Å². The molecule has 1 aliphatic heterocycles. The van der Waals surface area contributed by atoms with E-state index < -0.39 is 42.1 Å². The minimum Gasteiger partial charge on any atom is -0.491 e. The number of halogens is 2. The fraction of sp³-hybridized carbons (Fsp3) is 0.318. The second-order valence-corrected chi connectivity index (χ2v) is 14.0. The quantitative estimate of drug-likeness (QED) is 0.0917. The third-order valence-corrected chi connectivity index (χ3v) is 10.6. The van der Waals surface area contributed by atoms with Crippen molar-refractivity contribution in [1.29, 1.82) is 0 Å². The SMILES string of the molecule is CCOc1ccc(Cc2cc([C@]3(OC)O[C@](CO)(CS)[C@@H](OCc4ccccc4)[C@H](OCc4ccccc4)[C@H]3OCc3ccccc3)ccc2Cl)cc1F. The molecule has 0 spiro atoms. The van der Waals surface area contributed by atoms with Crippen molar-refractivity contribution in [3.8, 4) is 5.75 Å². The second kappa shape index (κ2) is 18.7. The van der Waals surface area contributed by atoms with E-state index in [9.17, 15) is 9.50 Å². The maximum absolute atomic E-state index is 14.9. The summed E-state index contributed by atoms with van der Waals surface area (Å²) in [6.45, 7) is 2.31. The van der Waals surface area contributed by atoms with Gasteiger partial charge < -0.3 is 33.5 Å². The molecule has 5 atom stereocenters. The molecule has 284 valence electrons. The highest BCUT2D eigenvalue weighted by molar-refractivity contribution is 7.80. The van der Waals surface area contributed by atoms with Gasteiger partial charge in [-0.15, -0.1) is 0 Å². The molecule has 6 rings (SSSR count). The number of thiol groups is 1. The van der Waals surface area contributed by atoms with Gasteiger partial charge in [0, 0.05) is 23.4 Å². The Labute approximate surface area is 327 Å². The summed E-state index contributed by atoms with van der Waals surface area (Å²) in [7, 11) is 1.54. The van der Waals surface area contributed by atoms with Gasteiger partial charge in [0.05, 0.1) is 33.0 Å². The van der Waals surface area contributed by atoms with Crippen LogP contribution in [0.3, 0.4) is 0 Å². The third-order valence-electron chi connectivity index (χ3n) is 9.65. The van der Waals surface area contributed by atoms with Gasteiger partial charge in [0.1, 0.15) is 23.9 Å². The van der Waals surface area contributed by atoms with Crippen LogP contribution in [0.5, 0.6) is 5.75 Å². The van der Waals surface area contributed by atoms with Crippen molar-refractivity contribution in [3.63, 3.8) is 0 Å². The number of aliphatic hydroxyl groups is 1. The van der Waals surface area contributed by atoms with Crippen molar-refractivity contribution in [2.24, 2.45) is 0 Å². The third kappa shape index (κ3) is 9.02. The van der Waals surface area contributed by atoms with E-state index in [-0.39, 0.29) is 31.3 Å². The predicted molar refractivity (Wildman–Crippen MR) is 210 cm³/mol. The number of hydrogen-bond acceptors (Lipinski definition) is 8. The molecule has 1 fully saturated rings. The van der Waals surface area contributed by atoms with Gasteiger partial charge in [-0.1, -0.05) is 115 Å². The molecule has 0 aliphatic carbocycles. The first-order valence-corrected chi connectivity index (χ1v) is 19.0. The van der Waals surface area contributed by atoms with Crippen LogP contribution in [-0.2, 0) is 55.7 Å². The normalized spacial score (nSPS) is 22.6. The van der Waals surface area contributed by atoms with E-state index in [0.717, 1.165) is 16.7 Å². The number of hydrogen-bond donors (Lipinski definition) is 2. The molecule has 1 heterocycles. The van der Waals surface area contributed by atoms with E-state index >= 15 is 0 Å². The zero-order valence-electron chi connectivity index (χ0n) is 30.4. The predicted octanol–water partition coefficient (Wildman–Crippen LogP) is 8.72. The fourth-order valence-corrected chi connectivity index (χ4v) is 7.40. The molecule has 0 radical (unpaired) electrons. The van der Waals surface area contributed by atoms with E-state index in [2.05, 4.69) is 0 Å². The molecule has 10 heteroatoms. The van der Waals surface area contributed by atoms with Gasteiger partial charge in [0.15, 0.2) is 11.6 Å². The Morgan fingerprint density at radius 1 is 0.741 bits per heavy atom. The molecule has 5 aromatic rings. The van der Waals surface area contributed by atoms with Crippen LogP contribution in [0.1, 0.15) is 40.3 Å². The first-order chi connectivity index (χ1) is 26.3. The van der Waals surface area contributed by atoms with Crippen LogP contribution in [0, 0.1) is 5.82 Å². The zero-order valence-corrected chi connectivity index (χ0v) is 32.1. The van der Waals surface area contributed by atoms with Crippen LogP contribution in [0.2, 0.25) is 5.02 Å². The van der Waals surface area contributed by atoms with Crippen LogP contribution < -0.4 is 4.74 Å². The summed E-state index contributed by atoms with van der Waals surface area (Å²) in [5.74, 6) is -1.89. The topological polar surface area (TPSA) is 75.6 Å². The molecule has 54 heavy (non-hydrogen) atoms. The number of benzene rings is 5. The first-order valence-electron chi connectivity index (χ1n) is 18.0. The molecule has 0 saturated carbocycles. The van der Waals surface area contributed by atoms with Crippen molar-refractivity contribution in [3.05, 3.63) is 172 Å². The molecule has 1 N–H and O–H groups in total. The Bertz CT molecular complexity index is 1920. The Balaban J connectivity index is 1.46. The molecular formula is C44H46ClFO7S. The second-order valence-electron chi connectivity index (χ2n) is 13.2. The Morgan fingerprint density at radius 2 is 1.31 bits per heavy atom. The van der Waals surface area contributed by atoms with E-state index in [1.807, 2.05) is 116 Å². The molecule has 0 unspecified atom stereocenters. The van der Waals surface area contributed by atoms with Gasteiger partial charge in [-0.05, 0) is 65.4 Å². The summed E-state index contributed by atoms with van der Waals surface area (Å²) in [6.07, 6.45) is -2.37. The maximum atomic E-state index is 14.9. The molecule has 0 amide bonds. The van der Waals surface area contributed by atoms with Crippen LogP contribution in [0.15, 0.2) is 127 Å². The highest BCUT2D eigenvalue weighted by Crippen LogP contribution is 2.48. The largest absolute Gasteiger partial charge is 0.491 e. The monoisotopic (exact) mass is 772 g/mol. The Kier molecular flexibility index (Phi) is 13.8. The van der Waals surface area contributed by atoms with Crippen LogP contribution >= 0.6 is 24.2 Å². The summed E-state index contributed by atoms with van der Waals surface area (Å²) < 4.78 is 54.4. The lowest BCUT2D eigenvalue weighted by atomic mass is 9.81. The van der Waals surface area contributed by atoms with Gasteiger partial charge in [-0.2, -0.15) is 12.6 Å². The average Bonchev–Trinajstić information content (AvgIpc) is 3.21. The lowest BCUT2D eigenvalue weighted by molar-refractivity contribution is -0.408. The fourth-order valence-electron chi connectivity index (χ4n) is 6.87. The van der Waals surface area contributed by atoms with Crippen molar-refractivity contribution >= 4 is 24.2 Å². The lowest BCUT2D eigenvalue weighted by Gasteiger charge is -2.56. The van der Waals surface area contributed by atoms with Crippen LogP contribution in [0.4, 0.5) is 4.39 Å². The zero-order chi connectivity index (χ0) is 38.0. The number of ether oxygens (including phenoxy) is 6. The molecule has 1 aliphatic rings. The summed E-state index contributed by atoms with van der Waals surface area (Å²) in [4.78, 5) is 0. The van der Waals surface area contributed by atoms with Crippen LogP contribution in [-0.4, -0.2) is 55.1 Å².